The van der Waals surface area contributed by atoms with Crippen LogP contribution in [0.15, 0.2) is 6.20 Å². The van der Waals surface area contributed by atoms with Gasteiger partial charge in [-0.1, -0.05) is 13.8 Å². The highest BCUT2D eigenvalue weighted by atomic mass is 15.3. The third-order valence-electron chi connectivity index (χ3n) is 3.91. The molecule has 0 bridgehead atoms. The molecule has 3 rings (SSSR count). The summed E-state index contributed by atoms with van der Waals surface area (Å²) in [6.45, 7) is 9.54. The first-order valence-electron chi connectivity index (χ1n) is 6.89. The second-order valence-electron chi connectivity index (χ2n) is 5.39. The molecule has 0 spiro atoms. The van der Waals surface area contributed by atoms with Crippen LogP contribution in [0, 0.1) is 11.8 Å². The number of H-pyrrole nitrogens is 1. The zero-order chi connectivity index (χ0) is 13.4. The van der Waals surface area contributed by atoms with Crippen LogP contribution in [0.5, 0.6) is 0 Å². The van der Waals surface area contributed by atoms with Crippen molar-refractivity contribution in [2.45, 2.75) is 20.8 Å². The molecule has 0 radical (unpaired) electrons. The van der Waals surface area contributed by atoms with E-state index in [4.69, 9.17) is 0 Å². The molecule has 102 valence electrons. The molecule has 2 N–H and O–H groups in total. The van der Waals surface area contributed by atoms with Gasteiger partial charge in [-0.05, 0) is 18.8 Å². The van der Waals surface area contributed by atoms with Gasteiger partial charge < -0.3 is 10.2 Å². The molecule has 2 aromatic rings. The lowest BCUT2D eigenvalue weighted by Gasteiger charge is -2.18. The van der Waals surface area contributed by atoms with Crippen LogP contribution in [0.4, 0.5) is 11.8 Å². The number of aromatic nitrogens is 4. The van der Waals surface area contributed by atoms with Gasteiger partial charge in [-0.2, -0.15) is 15.1 Å². The van der Waals surface area contributed by atoms with Crippen LogP contribution >= 0.6 is 0 Å². The maximum atomic E-state index is 4.66. The van der Waals surface area contributed by atoms with Gasteiger partial charge in [0.05, 0.1) is 11.6 Å². The molecule has 2 unspecified atom stereocenters. The molecular formula is C13H20N6. The van der Waals surface area contributed by atoms with Crippen LogP contribution in [0.1, 0.15) is 20.8 Å². The Labute approximate surface area is 112 Å². The molecule has 0 amide bonds. The number of fused-ring (bicyclic) bond motifs is 1. The van der Waals surface area contributed by atoms with E-state index in [0.29, 0.717) is 17.8 Å². The van der Waals surface area contributed by atoms with E-state index in [1.54, 1.807) is 0 Å². The third kappa shape index (κ3) is 2.11. The fraction of sp³-hybridized carbons (Fsp3) is 0.615. The lowest BCUT2D eigenvalue weighted by atomic mass is 10.0. The molecule has 2 aromatic heterocycles. The van der Waals surface area contributed by atoms with Crippen molar-refractivity contribution < 1.29 is 0 Å². The van der Waals surface area contributed by atoms with Crippen LogP contribution in [0.25, 0.3) is 11.0 Å². The largest absolute Gasteiger partial charge is 0.355 e. The summed E-state index contributed by atoms with van der Waals surface area (Å²) in [6.07, 6.45) is 1.81. The Morgan fingerprint density at radius 3 is 2.74 bits per heavy atom. The first-order chi connectivity index (χ1) is 9.19. The minimum atomic E-state index is 0.668. The average Bonchev–Trinajstić information content (AvgIpc) is 2.96. The molecule has 3 heterocycles. The highest BCUT2D eigenvalue weighted by Crippen LogP contribution is 2.31. The van der Waals surface area contributed by atoms with E-state index in [0.717, 1.165) is 36.5 Å². The number of nitrogens with zero attached hydrogens (tertiary/aromatic N) is 4. The molecular weight excluding hydrogens is 240 g/mol. The normalized spacial score (nSPS) is 23.2. The highest BCUT2D eigenvalue weighted by molar-refractivity contribution is 5.87. The number of hydrogen-bond donors (Lipinski definition) is 2. The third-order valence-corrected chi connectivity index (χ3v) is 3.91. The van der Waals surface area contributed by atoms with E-state index in [-0.39, 0.29) is 0 Å². The monoisotopic (exact) mass is 260 g/mol. The highest BCUT2D eigenvalue weighted by Gasteiger charge is 2.28. The predicted octanol–water partition coefficient (Wildman–Crippen LogP) is 1.88. The summed E-state index contributed by atoms with van der Waals surface area (Å²) < 4.78 is 0. The van der Waals surface area contributed by atoms with E-state index in [1.807, 2.05) is 13.1 Å². The van der Waals surface area contributed by atoms with Crippen LogP contribution in [0.2, 0.25) is 0 Å². The Bertz CT molecular complexity index is 568. The molecule has 2 atom stereocenters. The number of rotatable bonds is 3. The number of nitrogens with one attached hydrogen (secondary N) is 2. The van der Waals surface area contributed by atoms with Crippen LogP contribution in [0.3, 0.4) is 0 Å². The van der Waals surface area contributed by atoms with Crippen molar-refractivity contribution in [2.75, 3.05) is 29.9 Å². The summed E-state index contributed by atoms with van der Waals surface area (Å²) in [5.74, 6) is 3.05. The fourth-order valence-electron chi connectivity index (χ4n) is 2.60. The zero-order valence-electron chi connectivity index (χ0n) is 11.6. The van der Waals surface area contributed by atoms with Crippen molar-refractivity contribution in [3.63, 3.8) is 0 Å². The van der Waals surface area contributed by atoms with Gasteiger partial charge in [0.2, 0.25) is 5.95 Å². The van der Waals surface area contributed by atoms with Gasteiger partial charge in [0.1, 0.15) is 5.82 Å². The first kappa shape index (κ1) is 12.2. The molecule has 0 aliphatic carbocycles. The maximum absolute atomic E-state index is 4.66. The Morgan fingerprint density at radius 1 is 1.32 bits per heavy atom. The molecule has 0 saturated carbocycles. The van der Waals surface area contributed by atoms with Crippen molar-refractivity contribution in [3.05, 3.63) is 6.20 Å². The van der Waals surface area contributed by atoms with Crippen molar-refractivity contribution in [3.8, 4) is 0 Å². The van der Waals surface area contributed by atoms with E-state index < -0.39 is 0 Å². The quantitative estimate of drug-likeness (QED) is 0.881. The number of hydrogen-bond acceptors (Lipinski definition) is 5. The Balaban J connectivity index is 2.03. The standard InChI is InChI=1S/C13H20N6/c1-4-14-13-16-11-10(5-15-18-11)12(17-13)19-6-8(2)9(3)7-19/h5,8-9H,4,6-7H2,1-3H3,(H2,14,15,16,17,18). The van der Waals surface area contributed by atoms with E-state index in [1.165, 1.54) is 0 Å². The minimum absolute atomic E-state index is 0.668. The summed E-state index contributed by atoms with van der Waals surface area (Å²) >= 11 is 0. The lowest BCUT2D eigenvalue weighted by molar-refractivity contribution is 0.494. The van der Waals surface area contributed by atoms with Crippen molar-refractivity contribution in [2.24, 2.45) is 11.8 Å². The molecule has 6 heteroatoms. The lowest BCUT2D eigenvalue weighted by Crippen LogP contribution is -2.22. The van der Waals surface area contributed by atoms with Crippen LogP contribution < -0.4 is 10.2 Å². The summed E-state index contributed by atoms with van der Waals surface area (Å²) in [5, 5.41) is 11.2. The van der Waals surface area contributed by atoms with E-state index in [9.17, 15) is 0 Å². The molecule has 1 saturated heterocycles. The minimum Gasteiger partial charge on any atom is -0.355 e. The molecule has 19 heavy (non-hydrogen) atoms. The van der Waals surface area contributed by atoms with Crippen LogP contribution in [-0.4, -0.2) is 39.8 Å². The molecule has 1 aliphatic rings. The van der Waals surface area contributed by atoms with Gasteiger partial charge in [-0.25, -0.2) is 0 Å². The predicted molar refractivity (Wildman–Crippen MR) is 76.4 cm³/mol. The summed E-state index contributed by atoms with van der Waals surface area (Å²) in [7, 11) is 0. The summed E-state index contributed by atoms with van der Waals surface area (Å²) in [5.41, 5.74) is 0.799. The Kier molecular flexibility index (Phi) is 3.00. The van der Waals surface area contributed by atoms with Crippen molar-refractivity contribution in [1.29, 1.82) is 0 Å². The van der Waals surface area contributed by atoms with Crippen LogP contribution in [-0.2, 0) is 0 Å². The van der Waals surface area contributed by atoms with Crippen molar-refractivity contribution >= 4 is 22.8 Å². The molecule has 0 aromatic carbocycles. The second kappa shape index (κ2) is 4.68. The van der Waals surface area contributed by atoms with E-state index in [2.05, 4.69) is 44.2 Å². The summed E-state index contributed by atoms with van der Waals surface area (Å²) in [4.78, 5) is 11.4. The zero-order valence-corrected chi connectivity index (χ0v) is 11.6. The number of aromatic amines is 1. The fourth-order valence-corrected chi connectivity index (χ4v) is 2.60. The van der Waals surface area contributed by atoms with Crippen molar-refractivity contribution in [1.82, 2.24) is 20.2 Å². The van der Waals surface area contributed by atoms with Gasteiger partial charge >= 0.3 is 0 Å². The number of anilines is 2. The second-order valence-corrected chi connectivity index (χ2v) is 5.39. The van der Waals surface area contributed by atoms with Gasteiger partial charge in [0.15, 0.2) is 5.65 Å². The first-order valence-corrected chi connectivity index (χ1v) is 6.89. The molecule has 6 nitrogen and oxygen atoms in total. The summed E-state index contributed by atoms with van der Waals surface area (Å²) in [6, 6.07) is 0. The maximum Gasteiger partial charge on any atom is 0.226 e. The Hall–Kier alpha value is -1.85. The topological polar surface area (TPSA) is 69.7 Å². The average molecular weight is 260 g/mol. The van der Waals surface area contributed by atoms with Gasteiger partial charge in [-0.3, -0.25) is 5.10 Å². The van der Waals surface area contributed by atoms with Gasteiger partial charge in [0, 0.05) is 19.6 Å². The van der Waals surface area contributed by atoms with E-state index >= 15 is 0 Å². The smallest absolute Gasteiger partial charge is 0.226 e. The van der Waals surface area contributed by atoms with Gasteiger partial charge in [0.25, 0.3) is 0 Å². The molecule has 1 aliphatic heterocycles. The SMILES string of the molecule is CCNc1nc(N2CC(C)C(C)C2)c2cn[nH]c2n1. The van der Waals surface area contributed by atoms with Gasteiger partial charge in [-0.15, -0.1) is 0 Å². The Morgan fingerprint density at radius 2 is 2.05 bits per heavy atom. The molecule has 1 fully saturated rings.